The lowest BCUT2D eigenvalue weighted by atomic mass is 10.4. The van der Waals surface area contributed by atoms with Crippen molar-refractivity contribution in [2.45, 2.75) is 4.90 Å². The van der Waals surface area contributed by atoms with Crippen molar-refractivity contribution in [2.24, 2.45) is 0 Å². The molecule has 0 saturated carbocycles. The second-order valence-electron chi connectivity index (χ2n) is 2.70. The van der Waals surface area contributed by atoms with E-state index < -0.39 is 0 Å². The largest absolute Gasteiger partial charge is 0.291 e. The molecule has 1 aromatic rings. The highest BCUT2D eigenvalue weighted by atomic mass is 32.2. The van der Waals surface area contributed by atoms with E-state index in [-0.39, 0.29) is 0 Å². The Kier molecular flexibility index (Phi) is 2.15. The van der Waals surface area contributed by atoms with Crippen LogP contribution < -0.4 is 0 Å². The minimum atomic E-state index is 1.16. The molecule has 1 nitrogen and oxygen atoms in total. The van der Waals surface area contributed by atoms with Gasteiger partial charge < -0.3 is 0 Å². The Hall–Kier alpha value is -0.470. The summed E-state index contributed by atoms with van der Waals surface area (Å²) in [6, 6.07) is 10.6. The summed E-state index contributed by atoms with van der Waals surface area (Å²) in [7, 11) is 0. The molecular formula is C9H11NS. The molecule has 11 heavy (non-hydrogen) atoms. The van der Waals surface area contributed by atoms with Gasteiger partial charge in [0.1, 0.15) is 0 Å². The Morgan fingerprint density at radius 3 is 2.55 bits per heavy atom. The molecule has 1 saturated heterocycles. The van der Waals surface area contributed by atoms with E-state index in [9.17, 15) is 0 Å². The second-order valence-corrected chi connectivity index (χ2v) is 3.72. The van der Waals surface area contributed by atoms with E-state index in [0.29, 0.717) is 0 Å². The monoisotopic (exact) mass is 165 g/mol. The molecule has 0 N–H and O–H groups in total. The first kappa shape index (κ1) is 7.19. The topological polar surface area (TPSA) is 3.01 Å². The van der Waals surface area contributed by atoms with Gasteiger partial charge in [-0.15, -0.1) is 11.8 Å². The van der Waals surface area contributed by atoms with Crippen LogP contribution >= 0.6 is 11.8 Å². The van der Waals surface area contributed by atoms with Crippen molar-refractivity contribution >= 4 is 11.8 Å². The third kappa shape index (κ3) is 2.24. The maximum atomic E-state index is 2.41. The van der Waals surface area contributed by atoms with Crippen LogP contribution in [0.2, 0.25) is 0 Å². The van der Waals surface area contributed by atoms with Crippen molar-refractivity contribution in [3.05, 3.63) is 30.3 Å². The summed E-state index contributed by atoms with van der Waals surface area (Å²) >= 11 is 1.92. The van der Waals surface area contributed by atoms with Gasteiger partial charge in [0.2, 0.25) is 0 Å². The first-order valence-electron chi connectivity index (χ1n) is 3.85. The number of rotatable bonds is 3. The normalized spacial score (nSPS) is 16.7. The molecule has 1 fully saturated rings. The van der Waals surface area contributed by atoms with Gasteiger partial charge in [-0.3, -0.25) is 4.90 Å². The van der Waals surface area contributed by atoms with Gasteiger partial charge in [-0.25, -0.2) is 0 Å². The molecule has 0 atom stereocenters. The zero-order chi connectivity index (χ0) is 7.52. The zero-order valence-corrected chi connectivity index (χ0v) is 7.18. The molecule has 1 heterocycles. The van der Waals surface area contributed by atoms with Crippen LogP contribution in [-0.2, 0) is 0 Å². The van der Waals surface area contributed by atoms with E-state index >= 15 is 0 Å². The van der Waals surface area contributed by atoms with E-state index in [4.69, 9.17) is 0 Å². The van der Waals surface area contributed by atoms with Crippen molar-refractivity contribution in [1.29, 1.82) is 0 Å². The smallest absolute Gasteiger partial charge is 0.0492 e. The van der Waals surface area contributed by atoms with Gasteiger partial charge in [-0.2, -0.15) is 0 Å². The van der Waals surface area contributed by atoms with Crippen LogP contribution in [0.3, 0.4) is 0 Å². The van der Waals surface area contributed by atoms with Crippen molar-refractivity contribution < 1.29 is 0 Å². The Balaban J connectivity index is 1.85. The quantitative estimate of drug-likeness (QED) is 0.498. The molecule has 0 unspecified atom stereocenters. The minimum Gasteiger partial charge on any atom is -0.291 e. The first-order chi connectivity index (χ1) is 5.45. The molecule has 0 radical (unpaired) electrons. The molecule has 2 rings (SSSR count). The van der Waals surface area contributed by atoms with E-state index in [1.54, 1.807) is 0 Å². The van der Waals surface area contributed by atoms with Gasteiger partial charge in [0.25, 0.3) is 0 Å². The van der Waals surface area contributed by atoms with Crippen LogP contribution in [-0.4, -0.2) is 23.9 Å². The van der Waals surface area contributed by atoms with Crippen LogP contribution in [0.5, 0.6) is 0 Å². The molecule has 0 bridgehead atoms. The molecule has 1 aliphatic rings. The van der Waals surface area contributed by atoms with E-state index in [2.05, 4.69) is 35.2 Å². The maximum absolute atomic E-state index is 2.41. The highest BCUT2D eigenvalue weighted by Gasteiger charge is 2.15. The van der Waals surface area contributed by atoms with E-state index in [1.807, 2.05) is 11.8 Å². The summed E-state index contributed by atoms with van der Waals surface area (Å²) in [5.41, 5.74) is 0. The van der Waals surface area contributed by atoms with Crippen LogP contribution in [0.1, 0.15) is 0 Å². The van der Waals surface area contributed by atoms with Crippen LogP contribution in [0, 0.1) is 0 Å². The predicted octanol–water partition coefficient (Wildman–Crippen LogP) is 2.05. The molecule has 2 heteroatoms. The molecule has 0 spiro atoms. The fourth-order valence-corrected chi connectivity index (χ4v) is 1.82. The fourth-order valence-electron chi connectivity index (χ4n) is 0.882. The Labute approximate surface area is 71.4 Å². The molecule has 1 aliphatic heterocycles. The fraction of sp³-hybridized carbons (Fsp3) is 0.333. The average Bonchev–Trinajstić information content (AvgIpc) is 2.86. The Bertz CT molecular complexity index is 218. The number of benzene rings is 1. The highest BCUT2D eigenvalue weighted by molar-refractivity contribution is 7.99. The third-order valence-electron chi connectivity index (χ3n) is 1.70. The minimum absolute atomic E-state index is 1.16. The number of nitrogens with zero attached hydrogens (tertiary/aromatic N) is 1. The van der Waals surface area contributed by atoms with Crippen molar-refractivity contribution in [3.63, 3.8) is 0 Å². The molecule has 0 amide bonds. The van der Waals surface area contributed by atoms with Gasteiger partial charge in [-0.1, -0.05) is 18.2 Å². The van der Waals surface area contributed by atoms with E-state index in [0.717, 1.165) is 5.88 Å². The lowest BCUT2D eigenvalue weighted by Gasteiger charge is -1.99. The molecule has 0 aliphatic carbocycles. The molecule has 1 aromatic carbocycles. The van der Waals surface area contributed by atoms with Gasteiger partial charge in [-0.05, 0) is 12.1 Å². The SMILES string of the molecule is c1ccc(SCN2CC2)cc1. The summed E-state index contributed by atoms with van der Waals surface area (Å²) < 4.78 is 0. The predicted molar refractivity (Wildman–Crippen MR) is 48.7 cm³/mol. The summed E-state index contributed by atoms with van der Waals surface area (Å²) in [5.74, 6) is 1.16. The van der Waals surface area contributed by atoms with Crippen LogP contribution in [0.4, 0.5) is 0 Å². The van der Waals surface area contributed by atoms with Gasteiger partial charge >= 0.3 is 0 Å². The van der Waals surface area contributed by atoms with Gasteiger partial charge in [0, 0.05) is 23.9 Å². The summed E-state index contributed by atoms with van der Waals surface area (Å²) in [6.07, 6.45) is 0. The summed E-state index contributed by atoms with van der Waals surface area (Å²) in [4.78, 5) is 3.79. The highest BCUT2D eigenvalue weighted by Crippen LogP contribution is 2.20. The lowest BCUT2D eigenvalue weighted by molar-refractivity contribution is 0.671. The average molecular weight is 165 g/mol. The summed E-state index contributed by atoms with van der Waals surface area (Å²) in [5, 5.41) is 0. The third-order valence-corrected chi connectivity index (χ3v) is 2.80. The van der Waals surface area contributed by atoms with Gasteiger partial charge in [0.05, 0.1) is 0 Å². The van der Waals surface area contributed by atoms with Gasteiger partial charge in [0.15, 0.2) is 0 Å². The first-order valence-corrected chi connectivity index (χ1v) is 4.84. The Morgan fingerprint density at radius 1 is 1.18 bits per heavy atom. The maximum Gasteiger partial charge on any atom is 0.0492 e. The Morgan fingerprint density at radius 2 is 1.91 bits per heavy atom. The standard InChI is InChI=1S/C9H11NS/c1-2-4-9(5-3-1)11-8-10-6-7-10/h1-5H,6-8H2. The van der Waals surface area contributed by atoms with Crippen molar-refractivity contribution in [3.8, 4) is 0 Å². The number of thioether (sulfide) groups is 1. The zero-order valence-electron chi connectivity index (χ0n) is 6.36. The summed E-state index contributed by atoms with van der Waals surface area (Å²) in [6.45, 7) is 2.58. The number of hydrogen-bond donors (Lipinski definition) is 0. The van der Waals surface area contributed by atoms with Crippen LogP contribution in [0.25, 0.3) is 0 Å². The second kappa shape index (κ2) is 3.28. The molecule has 58 valence electrons. The molecular weight excluding hydrogens is 154 g/mol. The molecule has 0 aromatic heterocycles. The number of hydrogen-bond acceptors (Lipinski definition) is 2. The van der Waals surface area contributed by atoms with Crippen LogP contribution in [0.15, 0.2) is 35.2 Å². The van der Waals surface area contributed by atoms with Crippen molar-refractivity contribution in [2.75, 3.05) is 19.0 Å². The van der Waals surface area contributed by atoms with Crippen molar-refractivity contribution in [1.82, 2.24) is 4.90 Å². The lowest BCUT2D eigenvalue weighted by Crippen LogP contribution is -1.92. The van der Waals surface area contributed by atoms with E-state index in [1.165, 1.54) is 18.0 Å².